The van der Waals surface area contributed by atoms with Gasteiger partial charge in [0.25, 0.3) is 0 Å². The summed E-state index contributed by atoms with van der Waals surface area (Å²) in [4.78, 5) is 18.3. The smallest absolute Gasteiger partial charge is 0.250 e. The fourth-order valence-electron chi connectivity index (χ4n) is 3.89. The van der Waals surface area contributed by atoms with Gasteiger partial charge in [-0.25, -0.2) is 5.43 Å². The number of hydrazone groups is 1. The van der Waals surface area contributed by atoms with Crippen LogP contribution in [0.1, 0.15) is 18.4 Å². The molecular weight excluding hydrogens is 378 g/mol. The van der Waals surface area contributed by atoms with Crippen LogP contribution in [0, 0.1) is 0 Å². The lowest BCUT2D eigenvalue weighted by Gasteiger charge is -2.27. The number of rotatable bonds is 5. The molecule has 3 aromatic rings. The highest BCUT2D eigenvalue weighted by atomic mass is 16.5. The van der Waals surface area contributed by atoms with Crippen LogP contribution in [-0.2, 0) is 4.74 Å². The number of nitrogens with one attached hydrogen (secondary N) is 1. The number of anilines is 3. The molecule has 0 aliphatic carbocycles. The summed E-state index contributed by atoms with van der Waals surface area (Å²) in [6, 6.07) is 14.5. The molecule has 0 atom stereocenters. The summed E-state index contributed by atoms with van der Waals surface area (Å²) in [5, 5.41) is 6.77. The molecular formula is C22H25N7O. The number of benzene rings is 2. The average Bonchev–Trinajstić information content (AvgIpc) is 3.35. The Morgan fingerprint density at radius 1 is 0.833 bits per heavy atom. The van der Waals surface area contributed by atoms with E-state index in [0.717, 1.165) is 37.1 Å². The third-order valence-corrected chi connectivity index (χ3v) is 5.49. The fraction of sp³-hybridized carbons (Fsp3) is 0.364. The summed E-state index contributed by atoms with van der Waals surface area (Å²) in [6.07, 6.45) is 4.15. The van der Waals surface area contributed by atoms with Gasteiger partial charge in [0, 0.05) is 31.7 Å². The molecule has 1 N–H and O–H groups in total. The van der Waals surface area contributed by atoms with Crippen molar-refractivity contribution < 1.29 is 4.74 Å². The van der Waals surface area contributed by atoms with Gasteiger partial charge >= 0.3 is 0 Å². The molecule has 2 saturated heterocycles. The summed E-state index contributed by atoms with van der Waals surface area (Å²) in [7, 11) is 0. The van der Waals surface area contributed by atoms with Crippen molar-refractivity contribution in [2.45, 2.75) is 12.8 Å². The molecule has 8 heteroatoms. The first-order valence-corrected chi connectivity index (χ1v) is 10.5. The van der Waals surface area contributed by atoms with E-state index < -0.39 is 0 Å². The van der Waals surface area contributed by atoms with Crippen molar-refractivity contribution in [3.8, 4) is 0 Å². The predicted octanol–water partition coefficient (Wildman–Crippen LogP) is 2.91. The van der Waals surface area contributed by atoms with Gasteiger partial charge in [-0.2, -0.15) is 20.1 Å². The van der Waals surface area contributed by atoms with Gasteiger partial charge in [0.05, 0.1) is 19.4 Å². The maximum absolute atomic E-state index is 5.47. The predicted molar refractivity (Wildman–Crippen MR) is 119 cm³/mol. The monoisotopic (exact) mass is 403 g/mol. The second kappa shape index (κ2) is 8.62. The van der Waals surface area contributed by atoms with Crippen LogP contribution in [0.3, 0.4) is 0 Å². The maximum atomic E-state index is 5.47. The lowest BCUT2D eigenvalue weighted by molar-refractivity contribution is 0.122. The number of morpholine rings is 1. The summed E-state index contributed by atoms with van der Waals surface area (Å²) >= 11 is 0. The van der Waals surface area contributed by atoms with Crippen molar-refractivity contribution in [1.29, 1.82) is 0 Å². The number of ether oxygens (including phenoxy) is 1. The molecule has 5 rings (SSSR count). The Bertz CT molecular complexity index is 1040. The molecule has 0 saturated carbocycles. The minimum atomic E-state index is 0.463. The Hall–Kier alpha value is -3.26. The van der Waals surface area contributed by atoms with Crippen LogP contribution in [0.2, 0.25) is 0 Å². The van der Waals surface area contributed by atoms with Gasteiger partial charge in [0.1, 0.15) is 0 Å². The molecule has 3 heterocycles. The second-order valence-electron chi connectivity index (χ2n) is 7.49. The first kappa shape index (κ1) is 18.7. The molecule has 2 aliphatic heterocycles. The molecule has 0 radical (unpaired) electrons. The standard InChI is InChI=1S/C22H25N7O/c1-2-9-19-17(6-1)7-5-8-18(19)16-23-27-20-24-21(28-10-3-4-11-28)26-22(25-20)29-12-14-30-15-13-29/h1-2,5-9,16H,3-4,10-15H2,(H,24,25,26,27)/b23-16-. The van der Waals surface area contributed by atoms with E-state index in [1.807, 2.05) is 24.4 Å². The number of fused-ring (bicyclic) bond motifs is 1. The van der Waals surface area contributed by atoms with E-state index in [2.05, 4.69) is 54.6 Å². The molecule has 0 unspecified atom stereocenters. The zero-order valence-corrected chi connectivity index (χ0v) is 16.9. The molecule has 1 aromatic heterocycles. The molecule has 0 bridgehead atoms. The van der Waals surface area contributed by atoms with Gasteiger partial charge in [0.15, 0.2) is 0 Å². The molecule has 154 valence electrons. The normalized spacial score (nSPS) is 17.2. The zero-order chi connectivity index (χ0) is 20.2. The Balaban J connectivity index is 1.41. The molecule has 0 spiro atoms. The van der Waals surface area contributed by atoms with E-state index >= 15 is 0 Å². The van der Waals surface area contributed by atoms with Crippen molar-refractivity contribution in [3.05, 3.63) is 48.0 Å². The first-order valence-electron chi connectivity index (χ1n) is 10.5. The lowest BCUT2D eigenvalue weighted by atomic mass is 10.1. The summed E-state index contributed by atoms with van der Waals surface area (Å²) in [5.41, 5.74) is 4.07. The average molecular weight is 403 g/mol. The van der Waals surface area contributed by atoms with Gasteiger partial charge in [-0.1, -0.05) is 42.5 Å². The van der Waals surface area contributed by atoms with Crippen molar-refractivity contribution in [2.75, 3.05) is 54.6 Å². The molecule has 30 heavy (non-hydrogen) atoms. The van der Waals surface area contributed by atoms with Crippen LogP contribution < -0.4 is 15.2 Å². The van der Waals surface area contributed by atoms with E-state index in [0.29, 0.717) is 31.1 Å². The Morgan fingerprint density at radius 2 is 1.53 bits per heavy atom. The topological polar surface area (TPSA) is 78.8 Å². The highest BCUT2D eigenvalue weighted by Crippen LogP contribution is 2.21. The first-order chi connectivity index (χ1) is 14.9. The molecule has 8 nitrogen and oxygen atoms in total. The van der Waals surface area contributed by atoms with Gasteiger partial charge in [0.2, 0.25) is 17.8 Å². The summed E-state index contributed by atoms with van der Waals surface area (Å²) in [5.74, 6) is 1.86. The van der Waals surface area contributed by atoms with Crippen molar-refractivity contribution >= 4 is 34.8 Å². The van der Waals surface area contributed by atoms with Gasteiger partial charge < -0.3 is 14.5 Å². The van der Waals surface area contributed by atoms with E-state index in [-0.39, 0.29) is 0 Å². The maximum Gasteiger partial charge on any atom is 0.250 e. The Morgan fingerprint density at radius 3 is 2.33 bits per heavy atom. The van der Waals surface area contributed by atoms with Crippen LogP contribution in [0.4, 0.5) is 17.8 Å². The minimum Gasteiger partial charge on any atom is -0.378 e. The van der Waals surface area contributed by atoms with Crippen molar-refractivity contribution in [1.82, 2.24) is 15.0 Å². The summed E-state index contributed by atoms with van der Waals surface area (Å²) in [6.45, 7) is 4.89. The fourth-order valence-corrected chi connectivity index (χ4v) is 3.89. The molecule has 2 aliphatic rings. The van der Waals surface area contributed by atoms with Gasteiger partial charge in [-0.3, -0.25) is 0 Å². The van der Waals surface area contributed by atoms with Crippen LogP contribution >= 0.6 is 0 Å². The largest absolute Gasteiger partial charge is 0.378 e. The lowest BCUT2D eigenvalue weighted by Crippen LogP contribution is -2.38. The van der Waals surface area contributed by atoms with Crippen LogP contribution in [-0.4, -0.2) is 60.6 Å². The van der Waals surface area contributed by atoms with Crippen molar-refractivity contribution in [3.63, 3.8) is 0 Å². The second-order valence-corrected chi connectivity index (χ2v) is 7.49. The number of hydrogen-bond donors (Lipinski definition) is 1. The highest BCUT2D eigenvalue weighted by molar-refractivity contribution is 5.99. The van der Waals surface area contributed by atoms with E-state index in [1.165, 1.54) is 18.2 Å². The molecule has 0 amide bonds. The number of aromatic nitrogens is 3. The minimum absolute atomic E-state index is 0.463. The van der Waals surface area contributed by atoms with Crippen LogP contribution in [0.5, 0.6) is 0 Å². The number of hydrogen-bond acceptors (Lipinski definition) is 8. The quantitative estimate of drug-likeness (QED) is 0.518. The van der Waals surface area contributed by atoms with Crippen molar-refractivity contribution in [2.24, 2.45) is 5.10 Å². The molecule has 2 fully saturated rings. The van der Waals surface area contributed by atoms with E-state index in [9.17, 15) is 0 Å². The van der Waals surface area contributed by atoms with Crippen LogP contribution in [0.15, 0.2) is 47.6 Å². The third-order valence-electron chi connectivity index (χ3n) is 5.49. The van der Waals surface area contributed by atoms with E-state index in [4.69, 9.17) is 9.72 Å². The Labute approximate surface area is 175 Å². The molecule has 2 aromatic carbocycles. The third kappa shape index (κ3) is 4.04. The SMILES string of the molecule is C(=N/Nc1nc(N2CCCC2)nc(N2CCOCC2)n1)/c1cccc2ccccc12. The summed E-state index contributed by atoms with van der Waals surface area (Å²) < 4.78 is 5.47. The van der Waals surface area contributed by atoms with E-state index in [1.54, 1.807) is 0 Å². The Kier molecular flexibility index (Phi) is 5.39. The number of nitrogens with zero attached hydrogens (tertiary/aromatic N) is 6. The van der Waals surface area contributed by atoms with Crippen LogP contribution in [0.25, 0.3) is 10.8 Å². The van der Waals surface area contributed by atoms with Gasteiger partial charge in [-0.15, -0.1) is 0 Å². The zero-order valence-electron chi connectivity index (χ0n) is 16.9. The van der Waals surface area contributed by atoms with Gasteiger partial charge in [-0.05, 0) is 23.6 Å². The highest BCUT2D eigenvalue weighted by Gasteiger charge is 2.21.